The first-order valence-corrected chi connectivity index (χ1v) is 8.34. The fourth-order valence-corrected chi connectivity index (χ4v) is 3.39. The van der Waals surface area contributed by atoms with Gasteiger partial charge in [-0.3, -0.25) is 4.79 Å². The van der Waals surface area contributed by atoms with Crippen LogP contribution in [0.2, 0.25) is 0 Å². The average Bonchev–Trinajstić information content (AvgIpc) is 3.22. The Bertz CT molecular complexity index is 881. The first kappa shape index (κ1) is 17.9. The molecule has 7 nitrogen and oxygen atoms in total. The number of hydrogen-bond acceptors (Lipinski definition) is 3. The number of hydrogen-bond donors (Lipinski definition) is 0. The Morgan fingerprint density at radius 2 is 2.19 bits per heavy atom. The predicted octanol–water partition coefficient (Wildman–Crippen LogP) is 3.28. The van der Waals surface area contributed by atoms with Gasteiger partial charge < -0.3 is 22.3 Å². The molecule has 0 fully saturated rings. The summed E-state index contributed by atoms with van der Waals surface area (Å²) in [5.74, 6) is -0.434. The van der Waals surface area contributed by atoms with Crippen molar-refractivity contribution in [3.63, 3.8) is 0 Å². The molecule has 0 bridgehead atoms. The molecule has 10 heteroatoms. The molecular formula is C16H18BF2N5O2. The molecule has 0 aliphatic carbocycles. The third-order valence-corrected chi connectivity index (χ3v) is 4.55. The number of allylic oxidation sites excluding steroid dienone is 2. The van der Waals surface area contributed by atoms with Crippen molar-refractivity contribution in [1.82, 2.24) is 4.48 Å². The van der Waals surface area contributed by atoms with E-state index in [1.807, 2.05) is 0 Å². The molecule has 2 aliphatic heterocycles. The van der Waals surface area contributed by atoms with E-state index in [0.717, 1.165) is 8.96 Å². The van der Waals surface area contributed by atoms with E-state index < -0.39 is 12.9 Å². The smallest absolute Gasteiger partial charge is 0.469 e. The minimum Gasteiger partial charge on any atom is -0.469 e. The minimum atomic E-state index is -4.07. The molecule has 0 aromatic carbocycles. The SMILES string of the molecule is COC(=O)CCC1=[N+]2C(=Cc3ccc(CCCN=[N+]=[N-])n3[B-]2(F)F)C=C1. The highest BCUT2D eigenvalue weighted by Gasteiger charge is 2.52. The minimum absolute atomic E-state index is 0.0453. The topological polar surface area (TPSA) is 83.0 Å². The van der Waals surface area contributed by atoms with E-state index in [2.05, 4.69) is 14.8 Å². The summed E-state index contributed by atoms with van der Waals surface area (Å²) in [5, 5.41) is 3.44. The highest BCUT2D eigenvalue weighted by Crippen LogP contribution is 2.33. The normalized spacial score (nSPS) is 16.7. The number of fused-ring (bicyclic) bond motifs is 2. The molecule has 0 unspecified atom stereocenters. The number of aromatic nitrogens is 1. The Balaban J connectivity index is 1.91. The van der Waals surface area contributed by atoms with Crippen LogP contribution in [0.1, 0.15) is 30.7 Å². The monoisotopic (exact) mass is 361 g/mol. The lowest BCUT2D eigenvalue weighted by Gasteiger charge is -2.30. The highest BCUT2D eigenvalue weighted by atomic mass is 19.2. The van der Waals surface area contributed by atoms with E-state index in [1.165, 1.54) is 7.11 Å². The molecule has 0 atom stereocenters. The Hall–Kier alpha value is -2.87. The van der Waals surface area contributed by atoms with Crippen molar-refractivity contribution in [3.05, 3.63) is 51.8 Å². The zero-order chi connectivity index (χ0) is 18.7. The van der Waals surface area contributed by atoms with Gasteiger partial charge in [-0.25, -0.2) is 0 Å². The first-order valence-electron chi connectivity index (χ1n) is 8.34. The fourth-order valence-electron chi connectivity index (χ4n) is 3.39. The molecule has 3 heterocycles. The number of ether oxygens (including phenoxy) is 1. The van der Waals surface area contributed by atoms with E-state index in [4.69, 9.17) is 5.53 Å². The lowest BCUT2D eigenvalue weighted by Crippen LogP contribution is -2.50. The third kappa shape index (κ3) is 3.15. The van der Waals surface area contributed by atoms with Crippen molar-refractivity contribution in [2.75, 3.05) is 13.7 Å². The summed E-state index contributed by atoms with van der Waals surface area (Å²) in [5.41, 5.74) is 10.1. The van der Waals surface area contributed by atoms with Crippen molar-refractivity contribution < 1.29 is 22.6 Å². The molecular weight excluding hydrogens is 343 g/mol. The fraction of sp³-hybridized carbons (Fsp3) is 0.375. The van der Waals surface area contributed by atoms with Crippen LogP contribution in [0.3, 0.4) is 0 Å². The number of nitrogens with zero attached hydrogens (tertiary/aromatic N) is 5. The van der Waals surface area contributed by atoms with Gasteiger partial charge in [-0.2, -0.15) is 0 Å². The van der Waals surface area contributed by atoms with Gasteiger partial charge in [-0.1, -0.05) is 5.11 Å². The van der Waals surface area contributed by atoms with Crippen LogP contribution in [-0.2, 0) is 16.0 Å². The van der Waals surface area contributed by atoms with Crippen molar-refractivity contribution in [2.45, 2.75) is 25.7 Å². The van der Waals surface area contributed by atoms with Crippen LogP contribution < -0.4 is 0 Å². The summed E-state index contributed by atoms with van der Waals surface area (Å²) >= 11 is 0. The second-order valence-electron chi connectivity index (χ2n) is 6.11. The van der Waals surface area contributed by atoms with Crippen LogP contribution in [0.25, 0.3) is 16.5 Å². The maximum Gasteiger partial charge on any atom is 0.737 e. The van der Waals surface area contributed by atoms with Crippen LogP contribution >= 0.6 is 0 Å². The van der Waals surface area contributed by atoms with E-state index in [-0.39, 0.29) is 19.4 Å². The van der Waals surface area contributed by atoms with E-state index in [9.17, 15) is 4.79 Å². The molecule has 0 saturated carbocycles. The van der Waals surface area contributed by atoms with Crippen LogP contribution in [0.5, 0.6) is 0 Å². The summed E-state index contributed by atoms with van der Waals surface area (Å²) in [6.07, 6.45) is 6.08. The maximum absolute atomic E-state index is 15.3. The predicted molar refractivity (Wildman–Crippen MR) is 93.8 cm³/mol. The molecule has 0 N–H and O–H groups in total. The van der Waals surface area contributed by atoms with Gasteiger partial charge in [0.1, 0.15) is 5.71 Å². The number of halogens is 2. The molecule has 3 rings (SSSR count). The van der Waals surface area contributed by atoms with Crippen molar-refractivity contribution in [1.29, 1.82) is 0 Å². The summed E-state index contributed by atoms with van der Waals surface area (Å²) in [4.78, 5) is 14.0. The van der Waals surface area contributed by atoms with Gasteiger partial charge in [0.2, 0.25) is 0 Å². The van der Waals surface area contributed by atoms with Crippen LogP contribution in [0.4, 0.5) is 8.63 Å². The van der Waals surface area contributed by atoms with Crippen molar-refractivity contribution in [3.8, 4) is 0 Å². The van der Waals surface area contributed by atoms with Crippen LogP contribution in [0, 0.1) is 0 Å². The summed E-state index contributed by atoms with van der Waals surface area (Å²) in [7, 11) is 1.27. The quantitative estimate of drug-likeness (QED) is 0.186. The van der Waals surface area contributed by atoms with Gasteiger partial charge in [-0.05, 0) is 36.2 Å². The summed E-state index contributed by atoms with van der Waals surface area (Å²) in [6, 6.07) is 3.35. The molecule has 0 saturated heterocycles. The van der Waals surface area contributed by atoms with Crippen LogP contribution in [0.15, 0.2) is 35.1 Å². The van der Waals surface area contributed by atoms with E-state index in [1.54, 1.807) is 30.4 Å². The maximum atomic E-state index is 15.3. The van der Waals surface area contributed by atoms with Crippen molar-refractivity contribution >= 4 is 24.7 Å². The lowest BCUT2D eigenvalue weighted by atomic mass is 9.90. The Labute approximate surface area is 148 Å². The number of azide groups is 1. The largest absolute Gasteiger partial charge is 0.737 e. The molecule has 1 aromatic rings. The molecule has 1 aromatic heterocycles. The molecule has 0 amide bonds. The summed E-state index contributed by atoms with van der Waals surface area (Å²) in [6.45, 7) is -3.80. The Morgan fingerprint density at radius 3 is 2.92 bits per heavy atom. The zero-order valence-electron chi connectivity index (χ0n) is 14.3. The number of carbonyl (C=O) groups is 1. The number of rotatable bonds is 7. The second kappa shape index (κ2) is 7.17. The molecule has 0 radical (unpaired) electrons. The van der Waals surface area contributed by atoms with Gasteiger partial charge in [0.15, 0.2) is 5.70 Å². The molecule has 26 heavy (non-hydrogen) atoms. The van der Waals surface area contributed by atoms with Gasteiger partial charge in [0, 0.05) is 41.8 Å². The van der Waals surface area contributed by atoms with Crippen molar-refractivity contribution in [2.24, 2.45) is 5.11 Å². The number of esters is 1. The molecule has 2 aliphatic rings. The number of aryl methyl sites for hydroxylation is 1. The van der Waals surface area contributed by atoms with Gasteiger partial charge >= 0.3 is 12.9 Å². The van der Waals surface area contributed by atoms with Gasteiger partial charge in [0.05, 0.1) is 13.5 Å². The highest BCUT2D eigenvalue weighted by molar-refractivity contribution is 6.58. The molecule has 0 spiro atoms. The third-order valence-electron chi connectivity index (χ3n) is 4.55. The van der Waals surface area contributed by atoms with Gasteiger partial charge in [-0.15, -0.1) is 0 Å². The van der Waals surface area contributed by atoms with E-state index >= 15 is 8.63 Å². The standard InChI is InChI=1S/C16H18BF2N5O2/c1-26-16(25)9-8-13-5-7-15-11-14-6-4-12(3-2-10-21-22-20)23(14)17(18,19)24(13)15/h4-7,11H,2-3,8-10H2,1H3. The first-order chi connectivity index (χ1) is 12.5. The Morgan fingerprint density at radius 1 is 1.38 bits per heavy atom. The number of methoxy groups -OCH3 is 1. The summed E-state index contributed by atoms with van der Waals surface area (Å²) < 4.78 is 37.3. The molecule has 136 valence electrons. The number of carbonyl (C=O) groups excluding carboxylic acids is 1. The zero-order valence-corrected chi connectivity index (χ0v) is 14.3. The van der Waals surface area contributed by atoms with E-state index in [0.29, 0.717) is 35.6 Å². The lowest BCUT2D eigenvalue weighted by molar-refractivity contribution is -0.362. The van der Waals surface area contributed by atoms with Crippen LogP contribution in [-0.4, -0.2) is 41.3 Å². The second-order valence-corrected chi connectivity index (χ2v) is 6.11. The Kier molecular flexibility index (Phi) is 4.95. The van der Waals surface area contributed by atoms with Gasteiger partial charge in [0.25, 0.3) is 0 Å². The average molecular weight is 361 g/mol.